The van der Waals surface area contributed by atoms with Crippen LogP contribution >= 0.6 is 0 Å². The van der Waals surface area contributed by atoms with Crippen molar-refractivity contribution in [2.45, 2.75) is 46.2 Å². The summed E-state index contributed by atoms with van der Waals surface area (Å²) in [6.07, 6.45) is 2.18. The Kier molecular flexibility index (Phi) is 4.56. The van der Waals surface area contributed by atoms with Crippen molar-refractivity contribution in [3.8, 4) is 0 Å². The Labute approximate surface area is 159 Å². The molecule has 1 N–H and O–H groups in total. The summed E-state index contributed by atoms with van der Waals surface area (Å²) in [4.78, 5) is 22.6. The Bertz CT molecular complexity index is 956. The molecule has 0 fully saturated rings. The normalized spacial score (nSPS) is 16.4. The molecule has 140 valence electrons. The maximum atomic E-state index is 12.9. The number of carbonyl (C=O) groups is 1. The number of amides is 1. The van der Waals surface area contributed by atoms with Gasteiger partial charge in [0, 0.05) is 31.1 Å². The fraction of sp³-hybridized carbons (Fsp3) is 0.381. The molecule has 1 amide bonds. The van der Waals surface area contributed by atoms with E-state index in [1.165, 1.54) is 11.1 Å². The summed E-state index contributed by atoms with van der Waals surface area (Å²) in [5, 5.41) is 4.55. The Hall–Kier alpha value is -2.89. The molecule has 0 radical (unpaired) electrons. The third-order valence-corrected chi connectivity index (χ3v) is 5.67. The lowest BCUT2D eigenvalue weighted by Crippen LogP contribution is -2.39. The quantitative estimate of drug-likeness (QED) is 0.774. The second kappa shape index (κ2) is 7.02. The van der Waals surface area contributed by atoms with Crippen LogP contribution in [0.25, 0.3) is 0 Å². The molecule has 3 aromatic rings. The van der Waals surface area contributed by atoms with Crippen molar-refractivity contribution in [1.29, 1.82) is 0 Å². The summed E-state index contributed by atoms with van der Waals surface area (Å²) in [6, 6.07) is 10.3. The number of aromatic nitrogens is 4. The number of aromatic amines is 1. The molecular formula is C21H25N5O. The Balaban J connectivity index is 1.50. The number of nitrogens with one attached hydrogen (secondary N) is 1. The van der Waals surface area contributed by atoms with Crippen LogP contribution in [0.15, 0.2) is 36.7 Å². The third kappa shape index (κ3) is 3.27. The van der Waals surface area contributed by atoms with Crippen LogP contribution in [0, 0.1) is 20.8 Å². The molecule has 1 unspecified atom stereocenters. The summed E-state index contributed by atoms with van der Waals surface area (Å²) in [5.74, 6) is 0.266. The zero-order valence-electron chi connectivity index (χ0n) is 16.1. The number of imidazole rings is 1. The number of H-pyrrole nitrogens is 1. The maximum Gasteiger partial charge on any atom is 0.224 e. The summed E-state index contributed by atoms with van der Waals surface area (Å²) in [7, 11) is 0. The van der Waals surface area contributed by atoms with Crippen molar-refractivity contribution in [2.24, 2.45) is 0 Å². The van der Waals surface area contributed by atoms with Crippen molar-refractivity contribution in [3.05, 3.63) is 70.6 Å². The summed E-state index contributed by atoms with van der Waals surface area (Å²) >= 11 is 0. The van der Waals surface area contributed by atoms with Gasteiger partial charge in [0.2, 0.25) is 5.91 Å². The van der Waals surface area contributed by atoms with E-state index in [1.807, 2.05) is 34.7 Å². The van der Waals surface area contributed by atoms with Gasteiger partial charge in [0.1, 0.15) is 0 Å². The molecular weight excluding hydrogens is 338 g/mol. The first-order chi connectivity index (χ1) is 13.0. The summed E-state index contributed by atoms with van der Waals surface area (Å²) < 4.78 is 1.95. The molecule has 27 heavy (non-hydrogen) atoms. The summed E-state index contributed by atoms with van der Waals surface area (Å²) in [6.45, 7) is 8.01. The van der Waals surface area contributed by atoms with Crippen LogP contribution in [0.2, 0.25) is 0 Å². The van der Waals surface area contributed by atoms with Crippen molar-refractivity contribution in [3.63, 3.8) is 0 Å². The van der Waals surface area contributed by atoms with E-state index in [1.54, 1.807) is 6.33 Å². The molecule has 6 nitrogen and oxygen atoms in total. The van der Waals surface area contributed by atoms with Crippen LogP contribution in [-0.4, -0.2) is 37.1 Å². The van der Waals surface area contributed by atoms with Gasteiger partial charge in [0.05, 0.1) is 30.0 Å². The van der Waals surface area contributed by atoms with Crippen LogP contribution in [0.3, 0.4) is 0 Å². The number of hydrogen-bond acceptors (Lipinski definition) is 3. The Morgan fingerprint density at radius 1 is 1.22 bits per heavy atom. The van der Waals surface area contributed by atoms with Gasteiger partial charge in [0.25, 0.3) is 0 Å². The minimum absolute atomic E-state index is 0.112. The van der Waals surface area contributed by atoms with Gasteiger partial charge in [0.15, 0.2) is 0 Å². The lowest BCUT2D eigenvalue weighted by atomic mass is 9.91. The van der Waals surface area contributed by atoms with Crippen molar-refractivity contribution in [2.75, 3.05) is 6.54 Å². The number of hydrogen-bond donors (Lipinski definition) is 1. The first-order valence-corrected chi connectivity index (χ1v) is 9.40. The Morgan fingerprint density at radius 3 is 2.70 bits per heavy atom. The molecule has 6 heteroatoms. The summed E-state index contributed by atoms with van der Waals surface area (Å²) in [5.41, 5.74) is 6.65. The van der Waals surface area contributed by atoms with Gasteiger partial charge in [-0.15, -0.1) is 0 Å². The molecule has 2 aromatic heterocycles. The number of nitrogens with zero attached hydrogens (tertiary/aromatic N) is 4. The van der Waals surface area contributed by atoms with Gasteiger partial charge < -0.3 is 9.88 Å². The number of benzene rings is 1. The molecule has 1 aliphatic rings. The SMILES string of the molecule is Cc1nn(CCC(=O)N2Cc3[nH]cnc3C(c3ccccc3)C2)c(C)c1C. The number of aryl methyl sites for hydroxylation is 2. The highest BCUT2D eigenvalue weighted by Gasteiger charge is 2.31. The predicted octanol–water partition coefficient (Wildman–Crippen LogP) is 3.10. The lowest BCUT2D eigenvalue weighted by molar-refractivity contribution is -0.132. The van der Waals surface area contributed by atoms with Crippen LogP contribution in [0.4, 0.5) is 0 Å². The van der Waals surface area contributed by atoms with Crippen LogP contribution in [0.5, 0.6) is 0 Å². The molecule has 1 aliphatic heterocycles. The maximum absolute atomic E-state index is 12.9. The molecule has 1 atom stereocenters. The molecule has 4 rings (SSSR count). The van der Waals surface area contributed by atoms with E-state index in [0.717, 1.165) is 22.8 Å². The van der Waals surface area contributed by atoms with Crippen molar-refractivity contribution >= 4 is 5.91 Å². The van der Waals surface area contributed by atoms with Gasteiger partial charge in [-0.3, -0.25) is 9.48 Å². The van der Waals surface area contributed by atoms with Crippen LogP contribution < -0.4 is 0 Å². The third-order valence-electron chi connectivity index (χ3n) is 5.67. The topological polar surface area (TPSA) is 66.8 Å². The van der Waals surface area contributed by atoms with E-state index >= 15 is 0 Å². The van der Waals surface area contributed by atoms with Crippen molar-refractivity contribution in [1.82, 2.24) is 24.6 Å². The number of rotatable bonds is 4. The fourth-order valence-electron chi connectivity index (χ4n) is 3.82. The van der Waals surface area contributed by atoms with Gasteiger partial charge in [-0.25, -0.2) is 4.98 Å². The number of carbonyl (C=O) groups excluding carboxylic acids is 1. The van der Waals surface area contributed by atoms with Crippen LogP contribution in [-0.2, 0) is 17.9 Å². The molecule has 0 saturated heterocycles. The minimum Gasteiger partial charge on any atom is -0.347 e. The predicted molar refractivity (Wildman–Crippen MR) is 103 cm³/mol. The van der Waals surface area contributed by atoms with E-state index in [0.29, 0.717) is 26.1 Å². The monoisotopic (exact) mass is 363 g/mol. The van der Waals surface area contributed by atoms with E-state index < -0.39 is 0 Å². The highest BCUT2D eigenvalue weighted by atomic mass is 16.2. The fourth-order valence-corrected chi connectivity index (χ4v) is 3.82. The minimum atomic E-state index is 0.112. The van der Waals surface area contributed by atoms with E-state index in [2.05, 4.69) is 41.0 Å². The van der Waals surface area contributed by atoms with Crippen molar-refractivity contribution < 1.29 is 4.79 Å². The van der Waals surface area contributed by atoms with Gasteiger partial charge in [-0.2, -0.15) is 5.10 Å². The first kappa shape index (κ1) is 17.5. The lowest BCUT2D eigenvalue weighted by Gasteiger charge is -2.32. The van der Waals surface area contributed by atoms with Crippen LogP contribution in [0.1, 0.15) is 46.2 Å². The molecule has 0 spiro atoms. The van der Waals surface area contributed by atoms with E-state index in [4.69, 9.17) is 0 Å². The molecule has 3 heterocycles. The highest BCUT2D eigenvalue weighted by molar-refractivity contribution is 5.76. The van der Waals surface area contributed by atoms with Gasteiger partial charge in [-0.1, -0.05) is 30.3 Å². The average Bonchev–Trinajstić information content (AvgIpc) is 3.26. The molecule has 0 bridgehead atoms. The Morgan fingerprint density at radius 2 is 2.00 bits per heavy atom. The van der Waals surface area contributed by atoms with Gasteiger partial charge >= 0.3 is 0 Å². The highest BCUT2D eigenvalue weighted by Crippen LogP contribution is 2.31. The average molecular weight is 363 g/mol. The second-order valence-electron chi connectivity index (χ2n) is 7.27. The zero-order valence-corrected chi connectivity index (χ0v) is 16.1. The standard InChI is InChI=1S/C21H25N5O/c1-14-15(2)24-26(16(14)3)10-9-20(27)25-11-18(17-7-5-4-6-8-17)21-19(12-25)22-13-23-21/h4-8,13,18H,9-12H2,1-3H3,(H,22,23). The molecule has 1 aromatic carbocycles. The number of fused-ring (bicyclic) bond motifs is 1. The van der Waals surface area contributed by atoms with E-state index in [-0.39, 0.29) is 11.8 Å². The second-order valence-corrected chi connectivity index (χ2v) is 7.27. The zero-order chi connectivity index (χ0) is 19.0. The van der Waals surface area contributed by atoms with Gasteiger partial charge in [-0.05, 0) is 31.9 Å². The largest absolute Gasteiger partial charge is 0.347 e. The smallest absolute Gasteiger partial charge is 0.224 e. The first-order valence-electron chi connectivity index (χ1n) is 9.40. The van der Waals surface area contributed by atoms with E-state index in [9.17, 15) is 4.79 Å². The molecule has 0 saturated carbocycles. The molecule has 0 aliphatic carbocycles.